The molecule has 6 heteroatoms. The van der Waals surface area contributed by atoms with Crippen LogP contribution in [0.1, 0.15) is 32.6 Å². The van der Waals surface area contributed by atoms with E-state index in [-0.39, 0.29) is 18.6 Å². The van der Waals surface area contributed by atoms with Crippen LogP contribution in [0.3, 0.4) is 0 Å². The van der Waals surface area contributed by atoms with Crippen molar-refractivity contribution in [3.05, 3.63) is 0 Å². The number of urea groups is 1. The van der Waals surface area contributed by atoms with Crippen LogP contribution < -0.4 is 0 Å². The Bertz CT molecular complexity index is 371. The average molecular weight is 283 g/mol. The Morgan fingerprint density at radius 2 is 2.00 bits per heavy atom. The molecule has 1 unspecified atom stereocenters. The molecule has 2 aliphatic rings. The van der Waals surface area contributed by atoms with Crippen molar-refractivity contribution in [2.45, 2.75) is 44.7 Å². The summed E-state index contributed by atoms with van der Waals surface area (Å²) in [6.45, 7) is 4.76. The molecule has 1 saturated carbocycles. The third kappa shape index (κ3) is 3.62. The minimum absolute atomic E-state index is 0.131. The van der Waals surface area contributed by atoms with E-state index in [1.807, 2.05) is 0 Å². The number of likely N-dealkylation sites (N-methyl/N-ethyl adjacent to an activating group) is 2. The van der Waals surface area contributed by atoms with Crippen LogP contribution >= 0.6 is 0 Å². The van der Waals surface area contributed by atoms with Gasteiger partial charge >= 0.3 is 12.0 Å². The predicted octanol–water partition coefficient (Wildman–Crippen LogP) is 1.07. The maximum atomic E-state index is 12.4. The largest absolute Gasteiger partial charge is 0.480 e. The summed E-state index contributed by atoms with van der Waals surface area (Å²) < 4.78 is 0. The summed E-state index contributed by atoms with van der Waals surface area (Å²) >= 11 is 0. The van der Waals surface area contributed by atoms with Crippen LogP contribution in [0.25, 0.3) is 0 Å². The second-order valence-electron chi connectivity index (χ2n) is 5.84. The smallest absolute Gasteiger partial charge is 0.323 e. The van der Waals surface area contributed by atoms with Gasteiger partial charge in [0.2, 0.25) is 0 Å². The zero-order valence-electron chi connectivity index (χ0n) is 12.4. The monoisotopic (exact) mass is 283 g/mol. The molecule has 1 atom stereocenters. The van der Waals surface area contributed by atoms with Crippen molar-refractivity contribution in [2.75, 3.05) is 33.2 Å². The van der Waals surface area contributed by atoms with E-state index in [4.69, 9.17) is 5.11 Å². The standard InChI is InChI=1S/C14H25N3O3/c1-3-16-8-4-5-12(16)9-15(2)14(20)17(10-13(18)19)11-6-7-11/h11-12H,3-10H2,1-2H3,(H,18,19). The normalized spacial score (nSPS) is 22.8. The Balaban J connectivity index is 1.91. The van der Waals surface area contributed by atoms with E-state index < -0.39 is 5.97 Å². The maximum absolute atomic E-state index is 12.4. The molecule has 0 bridgehead atoms. The van der Waals surface area contributed by atoms with Gasteiger partial charge in [0.1, 0.15) is 6.54 Å². The summed E-state index contributed by atoms with van der Waals surface area (Å²) in [4.78, 5) is 28.9. The minimum atomic E-state index is -0.935. The molecular formula is C14H25N3O3. The molecule has 1 saturated heterocycles. The molecular weight excluding hydrogens is 258 g/mol. The topological polar surface area (TPSA) is 64.1 Å². The van der Waals surface area contributed by atoms with Crippen LogP contribution in [-0.4, -0.2) is 77.1 Å². The van der Waals surface area contributed by atoms with Crippen LogP contribution in [0.5, 0.6) is 0 Å². The molecule has 6 nitrogen and oxygen atoms in total. The molecule has 0 spiro atoms. The highest BCUT2D eigenvalue weighted by Crippen LogP contribution is 2.27. The van der Waals surface area contributed by atoms with Crippen molar-refractivity contribution < 1.29 is 14.7 Å². The van der Waals surface area contributed by atoms with E-state index in [0.29, 0.717) is 12.6 Å². The van der Waals surface area contributed by atoms with Gasteiger partial charge in [-0.2, -0.15) is 0 Å². The van der Waals surface area contributed by atoms with Crippen molar-refractivity contribution >= 4 is 12.0 Å². The molecule has 1 aliphatic heterocycles. The van der Waals surface area contributed by atoms with Crippen LogP contribution in [0, 0.1) is 0 Å². The highest BCUT2D eigenvalue weighted by Gasteiger charge is 2.36. The number of likely N-dealkylation sites (tertiary alicyclic amines) is 1. The van der Waals surface area contributed by atoms with Gasteiger partial charge < -0.3 is 14.9 Å². The summed E-state index contributed by atoms with van der Waals surface area (Å²) in [5.41, 5.74) is 0. The number of carboxylic acids is 1. The molecule has 0 aromatic rings. The first kappa shape index (κ1) is 15.1. The number of carboxylic acid groups (broad SMARTS) is 1. The molecule has 2 rings (SSSR count). The first-order chi connectivity index (χ1) is 9.52. The lowest BCUT2D eigenvalue weighted by molar-refractivity contribution is -0.137. The number of hydrogen-bond acceptors (Lipinski definition) is 3. The van der Waals surface area contributed by atoms with Crippen LogP contribution in [0.15, 0.2) is 0 Å². The van der Waals surface area contributed by atoms with Gasteiger partial charge in [-0.1, -0.05) is 6.92 Å². The third-order valence-corrected chi connectivity index (χ3v) is 4.26. The van der Waals surface area contributed by atoms with Gasteiger partial charge in [0.05, 0.1) is 0 Å². The fraction of sp³-hybridized carbons (Fsp3) is 0.857. The van der Waals surface area contributed by atoms with Crippen molar-refractivity contribution in [3.63, 3.8) is 0 Å². The highest BCUT2D eigenvalue weighted by molar-refractivity contribution is 5.80. The fourth-order valence-electron chi connectivity index (χ4n) is 3.02. The van der Waals surface area contributed by atoms with E-state index in [0.717, 1.165) is 32.4 Å². The van der Waals surface area contributed by atoms with E-state index in [2.05, 4.69) is 11.8 Å². The Hall–Kier alpha value is -1.30. The number of amides is 2. The van der Waals surface area contributed by atoms with E-state index in [1.54, 1.807) is 11.9 Å². The zero-order chi connectivity index (χ0) is 14.7. The Kier molecular flexibility index (Phi) is 4.86. The van der Waals surface area contributed by atoms with E-state index >= 15 is 0 Å². The molecule has 0 aromatic heterocycles. The first-order valence-electron chi connectivity index (χ1n) is 7.50. The van der Waals surface area contributed by atoms with Gasteiger partial charge in [-0.15, -0.1) is 0 Å². The minimum Gasteiger partial charge on any atom is -0.480 e. The average Bonchev–Trinajstić information content (AvgIpc) is 3.15. The van der Waals surface area contributed by atoms with Crippen molar-refractivity contribution in [3.8, 4) is 0 Å². The first-order valence-corrected chi connectivity index (χ1v) is 7.50. The second kappa shape index (κ2) is 6.43. The molecule has 1 heterocycles. The molecule has 114 valence electrons. The summed E-state index contributed by atoms with van der Waals surface area (Å²) in [6, 6.07) is 0.407. The van der Waals surface area contributed by atoms with Gasteiger partial charge in [-0.3, -0.25) is 9.69 Å². The van der Waals surface area contributed by atoms with Gasteiger partial charge in [0.25, 0.3) is 0 Å². The number of aliphatic carboxylic acids is 1. The van der Waals surface area contributed by atoms with Crippen LogP contribution in [-0.2, 0) is 4.79 Å². The lowest BCUT2D eigenvalue weighted by Gasteiger charge is -2.31. The van der Waals surface area contributed by atoms with E-state index in [9.17, 15) is 9.59 Å². The Labute approximate surface area is 120 Å². The molecule has 1 aliphatic carbocycles. The molecule has 0 aromatic carbocycles. The lowest BCUT2D eigenvalue weighted by atomic mass is 10.2. The van der Waals surface area contributed by atoms with Gasteiger partial charge in [0.15, 0.2) is 0 Å². The highest BCUT2D eigenvalue weighted by atomic mass is 16.4. The number of carbonyl (C=O) groups excluding carboxylic acids is 1. The van der Waals surface area contributed by atoms with Crippen LogP contribution in [0.2, 0.25) is 0 Å². The molecule has 20 heavy (non-hydrogen) atoms. The number of hydrogen-bond donors (Lipinski definition) is 1. The quantitative estimate of drug-likeness (QED) is 0.792. The summed E-state index contributed by atoms with van der Waals surface area (Å²) in [6.07, 6.45) is 4.16. The molecule has 2 fully saturated rings. The summed E-state index contributed by atoms with van der Waals surface area (Å²) in [5.74, 6) is -0.935. The van der Waals surface area contributed by atoms with Crippen LogP contribution in [0.4, 0.5) is 4.79 Å². The number of carbonyl (C=O) groups is 2. The van der Waals surface area contributed by atoms with Gasteiger partial charge in [0, 0.05) is 25.7 Å². The molecule has 2 amide bonds. The summed E-state index contributed by atoms with van der Waals surface area (Å²) in [7, 11) is 1.78. The Morgan fingerprint density at radius 1 is 1.30 bits per heavy atom. The summed E-state index contributed by atoms with van der Waals surface area (Å²) in [5, 5.41) is 8.93. The van der Waals surface area contributed by atoms with Crippen molar-refractivity contribution in [1.82, 2.24) is 14.7 Å². The Morgan fingerprint density at radius 3 is 2.55 bits per heavy atom. The van der Waals surface area contributed by atoms with Crippen molar-refractivity contribution in [2.24, 2.45) is 0 Å². The number of rotatable bonds is 6. The predicted molar refractivity (Wildman–Crippen MR) is 75.7 cm³/mol. The molecule has 0 radical (unpaired) electrons. The third-order valence-electron chi connectivity index (χ3n) is 4.26. The number of nitrogens with zero attached hydrogens (tertiary/aromatic N) is 3. The van der Waals surface area contributed by atoms with E-state index in [1.165, 1.54) is 11.3 Å². The maximum Gasteiger partial charge on any atom is 0.323 e. The van der Waals surface area contributed by atoms with Crippen molar-refractivity contribution in [1.29, 1.82) is 0 Å². The zero-order valence-corrected chi connectivity index (χ0v) is 12.4. The lowest BCUT2D eigenvalue weighted by Crippen LogP contribution is -2.48. The second-order valence-corrected chi connectivity index (χ2v) is 5.84. The van der Waals surface area contributed by atoms with Gasteiger partial charge in [-0.25, -0.2) is 4.79 Å². The SMILES string of the molecule is CCN1CCCC1CN(C)C(=O)N(CC(=O)O)C1CC1. The fourth-order valence-corrected chi connectivity index (χ4v) is 3.02. The van der Waals surface area contributed by atoms with Gasteiger partial charge in [-0.05, 0) is 38.8 Å². The molecule has 1 N–H and O–H groups in total.